The van der Waals surface area contributed by atoms with Crippen LogP contribution in [0.15, 0.2) is 83.5 Å². The SMILES string of the molecule is CC1=C(C)C(=O)C(C(C)(C)CC(=O)N(CCCCSCC2OC(n3cnc4c(N)ncnc43)C3OC(C)(C)OC23)Cc2cccc(-c3ccc(Cl)cc3)c2)=C(C)C1=O. The van der Waals surface area contributed by atoms with E-state index in [0.717, 1.165) is 35.3 Å². The lowest BCUT2D eigenvalue weighted by atomic mass is 9.71. The molecule has 2 aliphatic heterocycles. The van der Waals surface area contributed by atoms with E-state index < -0.39 is 17.4 Å². The van der Waals surface area contributed by atoms with Crippen LogP contribution >= 0.6 is 23.4 Å². The number of halogens is 1. The van der Waals surface area contributed by atoms with Gasteiger partial charge in [0, 0.05) is 58.0 Å². The molecule has 2 fully saturated rings. The highest BCUT2D eigenvalue weighted by molar-refractivity contribution is 7.99. The van der Waals surface area contributed by atoms with Gasteiger partial charge in [-0.3, -0.25) is 19.0 Å². The number of carbonyl (C=O) groups is 3. The number of nitrogens with two attached hydrogens (primary N) is 1. The van der Waals surface area contributed by atoms with E-state index in [1.165, 1.54) is 6.33 Å². The summed E-state index contributed by atoms with van der Waals surface area (Å²) >= 11 is 7.93. The van der Waals surface area contributed by atoms with Gasteiger partial charge < -0.3 is 24.8 Å². The van der Waals surface area contributed by atoms with Gasteiger partial charge in [0.2, 0.25) is 5.91 Å². The fraction of sp³-hybridized carbons (Fsp3) is 0.455. The van der Waals surface area contributed by atoms with Gasteiger partial charge in [0.15, 0.2) is 35.0 Å². The topological polar surface area (TPSA) is 152 Å². The summed E-state index contributed by atoms with van der Waals surface area (Å²) in [6.07, 6.45) is 3.42. The molecular weight excluding hydrogens is 776 g/mol. The number of benzene rings is 2. The summed E-state index contributed by atoms with van der Waals surface area (Å²) < 4.78 is 21.1. The Morgan fingerprint density at radius 3 is 2.43 bits per heavy atom. The summed E-state index contributed by atoms with van der Waals surface area (Å²) in [6.45, 7) is 13.6. The average Bonchev–Trinajstić information content (AvgIpc) is 3.85. The molecule has 0 spiro atoms. The maximum Gasteiger partial charge on any atom is 0.223 e. The molecule has 58 heavy (non-hydrogen) atoms. The van der Waals surface area contributed by atoms with E-state index in [0.29, 0.717) is 63.1 Å². The number of aromatic nitrogens is 4. The van der Waals surface area contributed by atoms with E-state index in [2.05, 4.69) is 21.0 Å². The fourth-order valence-corrected chi connectivity index (χ4v) is 9.47. The molecule has 0 bridgehead atoms. The van der Waals surface area contributed by atoms with E-state index in [4.69, 9.17) is 31.5 Å². The summed E-state index contributed by atoms with van der Waals surface area (Å²) in [7, 11) is 0. The van der Waals surface area contributed by atoms with Gasteiger partial charge in [-0.25, -0.2) is 15.0 Å². The van der Waals surface area contributed by atoms with Crippen LogP contribution in [0.25, 0.3) is 22.3 Å². The smallest absolute Gasteiger partial charge is 0.223 e. The Balaban J connectivity index is 1.02. The second kappa shape index (κ2) is 16.7. The number of anilines is 1. The maximum atomic E-state index is 14.3. The van der Waals surface area contributed by atoms with Gasteiger partial charge in [0.05, 0.1) is 12.4 Å². The average molecular weight is 827 g/mol. The molecule has 306 valence electrons. The number of fused-ring (bicyclic) bond motifs is 2. The molecule has 4 atom stereocenters. The molecule has 2 aromatic carbocycles. The molecule has 0 saturated carbocycles. The Kier molecular flexibility index (Phi) is 12.0. The molecule has 4 unspecified atom stereocenters. The van der Waals surface area contributed by atoms with Gasteiger partial charge in [-0.1, -0.05) is 55.8 Å². The number of amides is 1. The molecule has 1 amide bonds. The zero-order valence-corrected chi connectivity index (χ0v) is 35.7. The normalized spacial score (nSPS) is 22.0. The lowest BCUT2D eigenvalue weighted by Gasteiger charge is -2.33. The summed E-state index contributed by atoms with van der Waals surface area (Å²) in [6, 6.07) is 15.9. The Morgan fingerprint density at radius 2 is 1.67 bits per heavy atom. The van der Waals surface area contributed by atoms with Crippen molar-refractivity contribution in [1.82, 2.24) is 24.4 Å². The molecule has 0 radical (unpaired) electrons. The number of rotatable bonds is 14. The first-order valence-corrected chi connectivity index (χ1v) is 21.2. The first-order chi connectivity index (χ1) is 27.5. The number of Topliss-reactive ketones (excluding diaryl/α,β-unsaturated/α-hetero) is 2. The third-order valence-electron chi connectivity index (χ3n) is 11.3. The van der Waals surface area contributed by atoms with Crippen molar-refractivity contribution in [3.05, 3.63) is 94.1 Å². The van der Waals surface area contributed by atoms with Gasteiger partial charge in [-0.15, -0.1) is 0 Å². The van der Waals surface area contributed by atoms with E-state index in [1.807, 2.05) is 79.6 Å². The second-order valence-electron chi connectivity index (χ2n) is 16.5. The van der Waals surface area contributed by atoms with Crippen LogP contribution in [-0.4, -0.2) is 84.0 Å². The third-order valence-corrected chi connectivity index (χ3v) is 12.7. The largest absolute Gasteiger partial charge is 0.382 e. The highest BCUT2D eigenvalue weighted by Crippen LogP contribution is 2.45. The molecule has 14 heteroatoms. The van der Waals surface area contributed by atoms with Crippen LogP contribution in [0, 0.1) is 5.41 Å². The van der Waals surface area contributed by atoms with Crippen molar-refractivity contribution in [2.75, 3.05) is 23.8 Å². The quantitative estimate of drug-likeness (QED) is 0.0976. The van der Waals surface area contributed by atoms with Crippen molar-refractivity contribution in [3.63, 3.8) is 0 Å². The third kappa shape index (κ3) is 8.51. The van der Waals surface area contributed by atoms with Crippen LogP contribution in [-0.2, 0) is 35.1 Å². The molecule has 7 rings (SSSR count). The number of unbranched alkanes of at least 4 members (excludes halogenated alkanes) is 1. The van der Waals surface area contributed by atoms with Crippen molar-refractivity contribution in [1.29, 1.82) is 0 Å². The molecule has 4 heterocycles. The van der Waals surface area contributed by atoms with E-state index in [1.54, 1.807) is 38.9 Å². The first kappa shape index (κ1) is 41.7. The van der Waals surface area contributed by atoms with Gasteiger partial charge in [-0.05, 0) is 88.1 Å². The maximum absolute atomic E-state index is 14.3. The number of carbonyl (C=O) groups excluding carboxylic acids is 3. The van der Waals surface area contributed by atoms with Gasteiger partial charge >= 0.3 is 0 Å². The Morgan fingerprint density at radius 1 is 0.948 bits per heavy atom. The highest BCUT2D eigenvalue weighted by Gasteiger charge is 2.56. The predicted octanol–water partition coefficient (Wildman–Crippen LogP) is 7.91. The van der Waals surface area contributed by atoms with Crippen LogP contribution < -0.4 is 5.73 Å². The number of thioether (sulfide) groups is 1. The van der Waals surface area contributed by atoms with Gasteiger partial charge in [-0.2, -0.15) is 11.8 Å². The summed E-state index contributed by atoms with van der Waals surface area (Å²) in [5.41, 5.74) is 11.1. The Labute approximate surface area is 348 Å². The summed E-state index contributed by atoms with van der Waals surface area (Å²) in [5, 5.41) is 0.667. The van der Waals surface area contributed by atoms with E-state index in [9.17, 15) is 14.4 Å². The number of ether oxygens (including phenoxy) is 3. The van der Waals surface area contributed by atoms with Crippen molar-refractivity contribution >= 4 is 57.8 Å². The molecular formula is C44H51ClN6O6S. The Hall–Kier alpha value is -4.40. The number of nitrogen functional groups attached to an aromatic ring is 1. The molecule has 2 saturated heterocycles. The fourth-order valence-electron chi connectivity index (χ4n) is 8.27. The van der Waals surface area contributed by atoms with E-state index >= 15 is 0 Å². The van der Waals surface area contributed by atoms with Gasteiger partial charge in [0.25, 0.3) is 0 Å². The number of nitrogens with zero attached hydrogens (tertiary/aromatic N) is 5. The van der Waals surface area contributed by atoms with Crippen LogP contribution in [0.1, 0.15) is 79.5 Å². The molecule has 12 nitrogen and oxygen atoms in total. The number of allylic oxidation sites excluding steroid dienone is 4. The number of hydrogen-bond donors (Lipinski definition) is 1. The number of hydrogen-bond acceptors (Lipinski definition) is 11. The lowest BCUT2D eigenvalue weighted by Crippen LogP contribution is -2.38. The van der Waals surface area contributed by atoms with Crippen molar-refractivity contribution in [2.24, 2.45) is 5.41 Å². The first-order valence-electron chi connectivity index (χ1n) is 19.7. The molecule has 1 aliphatic carbocycles. The minimum Gasteiger partial charge on any atom is -0.382 e. The Bertz CT molecular complexity index is 2300. The van der Waals surface area contributed by atoms with Crippen molar-refractivity contribution in [3.8, 4) is 11.1 Å². The highest BCUT2D eigenvalue weighted by atomic mass is 35.5. The van der Waals surface area contributed by atoms with Crippen LogP contribution in [0.5, 0.6) is 0 Å². The predicted molar refractivity (Wildman–Crippen MR) is 226 cm³/mol. The minimum absolute atomic E-state index is 0.0736. The van der Waals surface area contributed by atoms with Gasteiger partial charge in [0.1, 0.15) is 24.1 Å². The number of imidazole rings is 1. The molecule has 3 aliphatic rings. The molecule has 2 aromatic heterocycles. The van der Waals surface area contributed by atoms with Crippen LogP contribution in [0.4, 0.5) is 5.82 Å². The van der Waals surface area contributed by atoms with E-state index in [-0.39, 0.29) is 42.2 Å². The van der Waals surface area contributed by atoms with Crippen LogP contribution in [0.3, 0.4) is 0 Å². The lowest BCUT2D eigenvalue weighted by molar-refractivity contribution is -0.193. The second-order valence-corrected chi connectivity index (χ2v) is 18.1. The summed E-state index contributed by atoms with van der Waals surface area (Å²) in [4.78, 5) is 55.7. The zero-order valence-electron chi connectivity index (χ0n) is 34.1. The zero-order chi connectivity index (χ0) is 41.5. The number of ketones is 2. The minimum atomic E-state index is -0.852. The standard InChI is InChI=1S/C44H51ClN6O6S/c1-25-26(2)37(54)34(27(3)36(25)53)43(4,5)20-33(52)50(21-28-11-10-12-30(19-28)29-13-15-31(45)16-14-29)17-8-9-18-58-22-32-38-39(57-44(6,7)56-38)42(55-32)51-24-49-35-40(46)47-23-48-41(35)51/h10-16,19,23-24,32,38-39,42H,8-9,17-18,20-22H2,1-7H3,(H2,46,47,48). The summed E-state index contributed by atoms with van der Waals surface area (Å²) in [5.74, 6) is 0.686. The van der Waals surface area contributed by atoms with Crippen LogP contribution in [0.2, 0.25) is 5.02 Å². The molecule has 4 aromatic rings. The van der Waals surface area contributed by atoms with Crippen molar-refractivity contribution in [2.45, 2.75) is 105 Å². The van der Waals surface area contributed by atoms with Crippen molar-refractivity contribution < 1.29 is 28.6 Å². The molecule has 2 N–H and O–H groups in total. The monoisotopic (exact) mass is 826 g/mol.